The number of rotatable bonds is 7. The maximum Gasteiger partial charge on any atom is 0.416 e. The van der Waals surface area contributed by atoms with E-state index in [1.165, 1.54) is 12.1 Å². The van der Waals surface area contributed by atoms with E-state index in [-0.39, 0.29) is 5.91 Å². The summed E-state index contributed by atoms with van der Waals surface area (Å²) in [5.41, 5.74) is 3.33. The van der Waals surface area contributed by atoms with Crippen LogP contribution in [0.4, 0.5) is 24.5 Å². The molecule has 8 nitrogen and oxygen atoms in total. The number of aromatic nitrogens is 1. The zero-order chi connectivity index (χ0) is 31.6. The Labute approximate surface area is 258 Å². The molecular weight excluding hydrogens is 585 g/mol. The first-order valence-corrected chi connectivity index (χ1v) is 14.7. The van der Waals surface area contributed by atoms with E-state index in [4.69, 9.17) is 9.47 Å². The summed E-state index contributed by atoms with van der Waals surface area (Å²) in [6, 6.07) is 21.0. The van der Waals surface area contributed by atoms with Crippen LogP contribution in [0.5, 0.6) is 0 Å². The van der Waals surface area contributed by atoms with Gasteiger partial charge in [0.1, 0.15) is 5.69 Å². The van der Waals surface area contributed by atoms with Crippen molar-refractivity contribution in [2.75, 3.05) is 36.5 Å². The van der Waals surface area contributed by atoms with Crippen LogP contribution >= 0.6 is 0 Å². The predicted octanol–water partition coefficient (Wildman–Crippen LogP) is 6.24. The second kappa shape index (κ2) is 12.4. The van der Waals surface area contributed by atoms with E-state index in [1.54, 1.807) is 48.1 Å². The van der Waals surface area contributed by atoms with Crippen molar-refractivity contribution in [1.82, 2.24) is 9.88 Å². The zero-order valence-corrected chi connectivity index (χ0v) is 24.7. The highest BCUT2D eigenvalue weighted by Crippen LogP contribution is 2.34. The predicted molar refractivity (Wildman–Crippen MR) is 164 cm³/mol. The van der Waals surface area contributed by atoms with Crippen LogP contribution in [0.3, 0.4) is 0 Å². The molecule has 0 aliphatic carbocycles. The normalized spacial score (nSPS) is 16.1. The standard InChI is InChI=1S/C34H33F3N4O4/c1-40-22-26(39-31(42)29-5-3-2-4-28(29)24-8-10-25(11-9-24)34(35,36)37)20-30(40)32(43)38-21-23-6-12-27(13-7-23)41-16-14-33(15-17-41)44-18-19-45-33/h2-13,20,22H,14-19,21H2,1H3,(H,38,43)(H,39,42). The molecule has 0 unspecified atom stereocenters. The Hall–Kier alpha value is -4.61. The molecule has 2 amide bonds. The summed E-state index contributed by atoms with van der Waals surface area (Å²) < 4.78 is 52.3. The molecule has 1 spiro atoms. The van der Waals surface area contributed by atoms with Gasteiger partial charge in [0.15, 0.2) is 5.79 Å². The summed E-state index contributed by atoms with van der Waals surface area (Å²) in [5.74, 6) is -1.17. The Kier molecular flexibility index (Phi) is 8.39. The maximum absolute atomic E-state index is 13.2. The number of benzene rings is 3. The topological polar surface area (TPSA) is 84.8 Å². The average Bonchev–Trinajstić information content (AvgIpc) is 3.66. The fourth-order valence-electron chi connectivity index (χ4n) is 5.82. The first-order valence-electron chi connectivity index (χ1n) is 14.7. The van der Waals surface area contributed by atoms with Crippen LogP contribution in [0.1, 0.15) is 44.8 Å². The molecule has 1 aromatic heterocycles. The van der Waals surface area contributed by atoms with Crippen molar-refractivity contribution in [3.63, 3.8) is 0 Å². The Morgan fingerprint density at radius 1 is 0.889 bits per heavy atom. The Morgan fingerprint density at radius 2 is 1.56 bits per heavy atom. The number of alkyl halides is 3. The molecule has 0 atom stereocenters. The van der Waals surface area contributed by atoms with E-state index in [0.717, 1.165) is 49.3 Å². The van der Waals surface area contributed by atoms with Gasteiger partial charge in [-0.3, -0.25) is 9.59 Å². The monoisotopic (exact) mass is 618 g/mol. The number of carbonyl (C=O) groups is 2. The lowest BCUT2D eigenvalue weighted by atomic mass is 9.98. The zero-order valence-electron chi connectivity index (χ0n) is 24.7. The first-order chi connectivity index (χ1) is 21.6. The smallest absolute Gasteiger partial charge is 0.371 e. The van der Waals surface area contributed by atoms with E-state index < -0.39 is 23.4 Å². The summed E-state index contributed by atoms with van der Waals surface area (Å²) in [7, 11) is 1.71. The molecule has 0 bridgehead atoms. The summed E-state index contributed by atoms with van der Waals surface area (Å²) in [5, 5.41) is 5.74. The lowest BCUT2D eigenvalue weighted by Gasteiger charge is -2.38. The van der Waals surface area contributed by atoms with Crippen molar-refractivity contribution in [3.05, 3.63) is 107 Å². The van der Waals surface area contributed by atoms with Crippen molar-refractivity contribution >= 4 is 23.2 Å². The summed E-state index contributed by atoms with van der Waals surface area (Å²) in [6.45, 7) is 3.34. The third kappa shape index (κ3) is 6.74. The van der Waals surface area contributed by atoms with Crippen LogP contribution < -0.4 is 15.5 Å². The molecule has 2 N–H and O–H groups in total. The number of nitrogens with one attached hydrogen (secondary N) is 2. The van der Waals surface area contributed by atoms with Crippen molar-refractivity contribution in [2.24, 2.45) is 7.05 Å². The van der Waals surface area contributed by atoms with Crippen LogP contribution in [0.25, 0.3) is 11.1 Å². The van der Waals surface area contributed by atoms with E-state index in [2.05, 4.69) is 27.7 Å². The van der Waals surface area contributed by atoms with Crippen molar-refractivity contribution in [3.8, 4) is 11.1 Å². The van der Waals surface area contributed by atoms with Crippen LogP contribution in [0.15, 0.2) is 85.1 Å². The summed E-state index contributed by atoms with van der Waals surface area (Å²) in [6.07, 6.45) is -1.16. The number of hydrogen-bond donors (Lipinski definition) is 2. The molecule has 2 saturated heterocycles. The minimum atomic E-state index is -4.45. The maximum atomic E-state index is 13.2. The number of ether oxygens (including phenoxy) is 2. The number of carbonyl (C=O) groups excluding carboxylic acids is 2. The lowest BCUT2D eigenvalue weighted by molar-refractivity contribution is -0.169. The third-order valence-corrected chi connectivity index (χ3v) is 8.28. The molecule has 6 rings (SSSR count). The molecule has 45 heavy (non-hydrogen) atoms. The molecule has 2 aliphatic heterocycles. The molecular formula is C34H33F3N4O4. The van der Waals surface area contributed by atoms with Crippen LogP contribution in [0.2, 0.25) is 0 Å². The first kappa shape index (κ1) is 30.4. The van der Waals surface area contributed by atoms with Crippen LogP contribution in [-0.4, -0.2) is 48.5 Å². The Balaban J connectivity index is 1.06. The minimum absolute atomic E-state index is 0.292. The van der Waals surface area contributed by atoms with Gasteiger partial charge in [-0.1, -0.05) is 42.5 Å². The molecule has 234 valence electrons. The molecule has 3 aromatic carbocycles. The summed E-state index contributed by atoms with van der Waals surface area (Å²) in [4.78, 5) is 28.6. The van der Waals surface area contributed by atoms with Crippen LogP contribution in [-0.2, 0) is 29.2 Å². The number of hydrogen-bond acceptors (Lipinski definition) is 5. The van der Waals surface area contributed by atoms with E-state index in [1.807, 2.05) is 12.1 Å². The largest absolute Gasteiger partial charge is 0.416 e. The van der Waals surface area contributed by atoms with E-state index in [0.29, 0.717) is 47.8 Å². The number of aryl methyl sites for hydroxylation is 1. The van der Waals surface area contributed by atoms with E-state index >= 15 is 0 Å². The van der Waals surface area contributed by atoms with Gasteiger partial charge in [0, 0.05) is 57.0 Å². The van der Waals surface area contributed by atoms with Crippen LogP contribution in [0, 0.1) is 0 Å². The molecule has 0 saturated carbocycles. The second-order valence-electron chi connectivity index (χ2n) is 11.2. The molecule has 11 heteroatoms. The number of halogens is 3. The Bertz CT molecular complexity index is 1670. The number of anilines is 2. The third-order valence-electron chi connectivity index (χ3n) is 8.28. The molecule has 0 radical (unpaired) electrons. The van der Waals surface area contributed by atoms with E-state index in [9.17, 15) is 22.8 Å². The van der Waals surface area contributed by atoms with Crippen molar-refractivity contribution in [2.45, 2.75) is 31.3 Å². The Morgan fingerprint density at radius 3 is 2.22 bits per heavy atom. The van der Waals surface area contributed by atoms with Gasteiger partial charge in [-0.15, -0.1) is 0 Å². The van der Waals surface area contributed by atoms with Gasteiger partial charge >= 0.3 is 6.18 Å². The number of nitrogens with zero attached hydrogens (tertiary/aromatic N) is 2. The summed E-state index contributed by atoms with van der Waals surface area (Å²) >= 11 is 0. The van der Waals surface area contributed by atoms with Gasteiger partial charge in [0.2, 0.25) is 0 Å². The SMILES string of the molecule is Cn1cc(NC(=O)c2ccccc2-c2ccc(C(F)(F)F)cc2)cc1C(=O)NCc1ccc(N2CCC3(CC2)OCCO3)cc1. The highest BCUT2D eigenvalue weighted by Gasteiger charge is 2.39. The highest BCUT2D eigenvalue weighted by atomic mass is 19.4. The molecule has 2 fully saturated rings. The van der Waals surface area contributed by atoms with Gasteiger partial charge in [-0.25, -0.2) is 0 Å². The molecule has 4 aromatic rings. The number of piperidine rings is 1. The van der Waals surface area contributed by atoms with Gasteiger partial charge < -0.3 is 29.6 Å². The molecule has 3 heterocycles. The fourth-order valence-corrected chi connectivity index (χ4v) is 5.82. The average molecular weight is 619 g/mol. The second-order valence-corrected chi connectivity index (χ2v) is 11.2. The van der Waals surface area contributed by atoms with Gasteiger partial charge in [0.25, 0.3) is 11.8 Å². The highest BCUT2D eigenvalue weighted by molar-refractivity contribution is 6.09. The quantitative estimate of drug-likeness (QED) is 0.256. The fraction of sp³-hybridized carbons (Fsp3) is 0.294. The van der Waals surface area contributed by atoms with Gasteiger partial charge in [0.05, 0.1) is 24.5 Å². The lowest BCUT2D eigenvalue weighted by Crippen LogP contribution is -2.45. The minimum Gasteiger partial charge on any atom is -0.371 e. The van der Waals surface area contributed by atoms with Crippen molar-refractivity contribution in [1.29, 1.82) is 0 Å². The van der Waals surface area contributed by atoms with Gasteiger partial charge in [-0.2, -0.15) is 13.2 Å². The molecule has 2 aliphatic rings. The number of amides is 2. The van der Waals surface area contributed by atoms with Crippen molar-refractivity contribution < 1.29 is 32.2 Å². The van der Waals surface area contributed by atoms with Gasteiger partial charge in [-0.05, 0) is 53.1 Å².